The first-order valence-electron chi connectivity index (χ1n) is 9.86. The van der Waals surface area contributed by atoms with Gasteiger partial charge in [-0.05, 0) is 55.8 Å². The first kappa shape index (κ1) is 21.2. The molecule has 0 saturated carbocycles. The van der Waals surface area contributed by atoms with Crippen LogP contribution in [0.15, 0.2) is 48.2 Å². The van der Waals surface area contributed by atoms with Gasteiger partial charge in [0.05, 0.1) is 19.8 Å². The minimum atomic E-state index is -0.377. The number of hydrogen-bond acceptors (Lipinski definition) is 6. The number of ether oxygens (including phenoxy) is 2. The van der Waals surface area contributed by atoms with Crippen LogP contribution in [0.25, 0.3) is 5.57 Å². The molecule has 1 heterocycles. The average Bonchev–Trinajstić information content (AvgIpc) is 2.98. The normalized spacial score (nSPS) is 13.7. The van der Waals surface area contributed by atoms with Crippen molar-refractivity contribution < 1.29 is 19.1 Å². The molecular weight excluding hydrogens is 382 g/mol. The molecule has 0 saturated heterocycles. The summed E-state index contributed by atoms with van der Waals surface area (Å²) in [5.74, 6) is 0.292. The molecule has 7 heteroatoms. The summed E-state index contributed by atoms with van der Waals surface area (Å²) in [5, 5.41) is 3.15. The lowest BCUT2D eigenvalue weighted by Gasteiger charge is -2.21. The lowest BCUT2D eigenvalue weighted by atomic mass is 10.0. The van der Waals surface area contributed by atoms with Gasteiger partial charge in [0.1, 0.15) is 5.70 Å². The van der Waals surface area contributed by atoms with Gasteiger partial charge in [0.25, 0.3) is 11.8 Å². The second-order valence-corrected chi connectivity index (χ2v) is 6.83. The average molecular weight is 409 g/mol. The summed E-state index contributed by atoms with van der Waals surface area (Å²) in [5.41, 5.74) is 2.96. The molecule has 1 aliphatic rings. The van der Waals surface area contributed by atoms with E-state index < -0.39 is 0 Å². The van der Waals surface area contributed by atoms with Gasteiger partial charge in [-0.15, -0.1) is 0 Å². The van der Waals surface area contributed by atoms with E-state index in [4.69, 9.17) is 9.47 Å². The van der Waals surface area contributed by atoms with E-state index >= 15 is 0 Å². The van der Waals surface area contributed by atoms with Crippen molar-refractivity contribution in [3.05, 3.63) is 53.7 Å². The molecule has 30 heavy (non-hydrogen) atoms. The number of carbonyl (C=O) groups is 2. The van der Waals surface area contributed by atoms with Gasteiger partial charge in [0.15, 0.2) is 11.5 Å². The molecule has 0 unspecified atom stereocenters. The maximum atomic E-state index is 12.8. The van der Waals surface area contributed by atoms with Gasteiger partial charge in [-0.25, -0.2) is 0 Å². The second kappa shape index (κ2) is 8.90. The maximum absolute atomic E-state index is 12.8. The SMILES string of the molecule is CCN(CC)c1ccc(NC2=C(c3ccc(OC)c(OC)c3)C(=O)N(C)C2=O)cc1. The predicted molar refractivity (Wildman–Crippen MR) is 118 cm³/mol. The molecule has 0 spiro atoms. The van der Waals surface area contributed by atoms with Crippen molar-refractivity contribution in [1.82, 2.24) is 4.90 Å². The number of carbonyl (C=O) groups excluding carboxylic acids is 2. The number of rotatable bonds is 8. The Morgan fingerprint density at radius 2 is 1.53 bits per heavy atom. The zero-order chi connectivity index (χ0) is 21.8. The lowest BCUT2D eigenvalue weighted by Crippen LogP contribution is -2.27. The van der Waals surface area contributed by atoms with Crippen LogP contribution >= 0.6 is 0 Å². The highest BCUT2D eigenvalue weighted by atomic mass is 16.5. The lowest BCUT2D eigenvalue weighted by molar-refractivity contribution is -0.135. The zero-order valence-electron chi connectivity index (χ0n) is 18.0. The number of nitrogens with one attached hydrogen (secondary N) is 1. The predicted octanol–water partition coefficient (Wildman–Crippen LogP) is 3.37. The molecule has 7 nitrogen and oxygen atoms in total. The quantitative estimate of drug-likeness (QED) is 0.674. The van der Waals surface area contributed by atoms with Crippen molar-refractivity contribution in [2.24, 2.45) is 0 Å². The van der Waals surface area contributed by atoms with Crippen LogP contribution < -0.4 is 19.7 Å². The van der Waals surface area contributed by atoms with Crippen molar-refractivity contribution >= 4 is 28.8 Å². The number of hydrogen-bond donors (Lipinski definition) is 1. The minimum Gasteiger partial charge on any atom is -0.493 e. The molecule has 0 atom stereocenters. The van der Waals surface area contributed by atoms with Crippen molar-refractivity contribution in [2.45, 2.75) is 13.8 Å². The van der Waals surface area contributed by atoms with Gasteiger partial charge in [-0.2, -0.15) is 0 Å². The molecule has 2 amide bonds. The first-order valence-corrected chi connectivity index (χ1v) is 9.86. The van der Waals surface area contributed by atoms with Crippen molar-refractivity contribution in [2.75, 3.05) is 44.6 Å². The smallest absolute Gasteiger partial charge is 0.277 e. The molecular formula is C23H27N3O4. The Hall–Kier alpha value is -3.48. The topological polar surface area (TPSA) is 71.1 Å². The van der Waals surface area contributed by atoms with Crippen molar-refractivity contribution in [3.63, 3.8) is 0 Å². The van der Waals surface area contributed by atoms with Crippen LogP contribution in [0.4, 0.5) is 11.4 Å². The molecule has 2 aromatic rings. The summed E-state index contributed by atoms with van der Waals surface area (Å²) < 4.78 is 10.6. The van der Waals surface area contributed by atoms with Crippen molar-refractivity contribution in [1.29, 1.82) is 0 Å². The molecule has 0 aliphatic carbocycles. The highest BCUT2D eigenvalue weighted by Gasteiger charge is 2.37. The fourth-order valence-corrected chi connectivity index (χ4v) is 3.51. The van der Waals surface area contributed by atoms with E-state index in [1.54, 1.807) is 25.3 Å². The second-order valence-electron chi connectivity index (χ2n) is 6.83. The number of amides is 2. The molecule has 2 aromatic carbocycles. The Labute approximate surface area is 176 Å². The van der Waals surface area contributed by atoms with Gasteiger partial charge < -0.3 is 19.7 Å². The first-order chi connectivity index (χ1) is 14.4. The van der Waals surface area contributed by atoms with Crippen LogP contribution in [0.1, 0.15) is 19.4 Å². The monoisotopic (exact) mass is 409 g/mol. The number of nitrogens with zero attached hydrogens (tertiary/aromatic N) is 2. The third-order valence-electron chi connectivity index (χ3n) is 5.22. The maximum Gasteiger partial charge on any atom is 0.277 e. The molecule has 0 radical (unpaired) electrons. The molecule has 0 bridgehead atoms. The molecule has 158 valence electrons. The van der Waals surface area contributed by atoms with E-state index in [1.165, 1.54) is 14.2 Å². The van der Waals surface area contributed by atoms with Gasteiger partial charge in [0, 0.05) is 31.5 Å². The Bertz CT molecular complexity index is 978. The number of imide groups is 1. The number of anilines is 2. The summed E-state index contributed by atoms with van der Waals surface area (Å²) in [7, 11) is 4.55. The van der Waals surface area contributed by atoms with Crippen LogP contribution in [0.3, 0.4) is 0 Å². The van der Waals surface area contributed by atoms with Gasteiger partial charge in [-0.3, -0.25) is 14.5 Å². The van der Waals surface area contributed by atoms with Crippen LogP contribution in [0.5, 0.6) is 11.5 Å². The van der Waals surface area contributed by atoms with Crippen LogP contribution in [-0.2, 0) is 9.59 Å². The fraction of sp³-hybridized carbons (Fsp3) is 0.304. The molecule has 1 N–H and O–H groups in total. The Balaban J connectivity index is 2.00. The Morgan fingerprint density at radius 3 is 2.10 bits per heavy atom. The minimum absolute atomic E-state index is 0.241. The molecule has 3 rings (SSSR count). The van der Waals surface area contributed by atoms with Gasteiger partial charge in [-0.1, -0.05) is 6.07 Å². The van der Waals surface area contributed by atoms with E-state index in [-0.39, 0.29) is 17.5 Å². The van der Waals surface area contributed by atoms with Gasteiger partial charge in [0.2, 0.25) is 0 Å². The largest absolute Gasteiger partial charge is 0.493 e. The highest BCUT2D eigenvalue weighted by Crippen LogP contribution is 2.35. The summed E-state index contributed by atoms with van der Waals surface area (Å²) in [4.78, 5) is 28.9. The van der Waals surface area contributed by atoms with E-state index in [1.807, 2.05) is 24.3 Å². The van der Waals surface area contributed by atoms with Crippen molar-refractivity contribution in [3.8, 4) is 11.5 Å². The summed E-state index contributed by atoms with van der Waals surface area (Å²) in [6.07, 6.45) is 0. The van der Waals surface area contributed by atoms with E-state index in [0.717, 1.165) is 29.4 Å². The number of methoxy groups -OCH3 is 2. The van der Waals surface area contributed by atoms with E-state index in [0.29, 0.717) is 22.6 Å². The number of benzene rings is 2. The number of likely N-dealkylation sites (N-methyl/N-ethyl adjacent to an activating group) is 1. The third-order valence-corrected chi connectivity index (χ3v) is 5.22. The summed E-state index contributed by atoms with van der Waals surface area (Å²) >= 11 is 0. The zero-order valence-corrected chi connectivity index (χ0v) is 18.0. The fourth-order valence-electron chi connectivity index (χ4n) is 3.51. The van der Waals surface area contributed by atoms with E-state index in [2.05, 4.69) is 24.1 Å². The highest BCUT2D eigenvalue weighted by molar-refractivity contribution is 6.36. The van der Waals surface area contributed by atoms with E-state index in [9.17, 15) is 9.59 Å². The Morgan fingerprint density at radius 1 is 0.900 bits per heavy atom. The molecule has 0 fully saturated rings. The summed E-state index contributed by atoms with van der Waals surface area (Å²) in [6.45, 7) is 6.04. The molecule has 0 aromatic heterocycles. The van der Waals surface area contributed by atoms with Crippen LogP contribution in [0, 0.1) is 0 Å². The van der Waals surface area contributed by atoms with Gasteiger partial charge >= 0.3 is 0 Å². The molecule has 1 aliphatic heterocycles. The third kappa shape index (κ3) is 3.83. The van der Waals surface area contributed by atoms with Crippen LogP contribution in [-0.4, -0.2) is 51.1 Å². The summed E-state index contributed by atoms with van der Waals surface area (Å²) in [6, 6.07) is 13.0. The standard InChI is InChI=1S/C23H27N3O4/c1-6-26(7-2)17-11-9-16(10-12-17)24-21-20(22(27)25(3)23(21)28)15-8-13-18(29-4)19(14-15)30-5/h8-14,24H,6-7H2,1-5H3. The van der Waals surface area contributed by atoms with Crippen LogP contribution in [0.2, 0.25) is 0 Å². The Kier molecular flexibility index (Phi) is 6.30.